The number of anilines is 1. The predicted molar refractivity (Wildman–Crippen MR) is 132 cm³/mol. The summed E-state index contributed by atoms with van der Waals surface area (Å²) in [5.41, 5.74) is 1.37. The molecule has 1 aliphatic heterocycles. The van der Waals surface area contributed by atoms with E-state index in [1.807, 2.05) is 30.3 Å². The second kappa shape index (κ2) is 10.00. The Labute approximate surface area is 203 Å². The van der Waals surface area contributed by atoms with Crippen LogP contribution in [0.3, 0.4) is 0 Å². The fourth-order valence-electron chi connectivity index (χ4n) is 4.52. The molecule has 174 valence electrons. The van der Waals surface area contributed by atoms with Gasteiger partial charge in [0.25, 0.3) is 5.91 Å². The van der Waals surface area contributed by atoms with Crippen molar-refractivity contribution in [2.75, 3.05) is 18.6 Å². The molecule has 2 aliphatic rings. The van der Waals surface area contributed by atoms with E-state index in [2.05, 4.69) is 35.1 Å². The molecule has 0 saturated heterocycles. The van der Waals surface area contributed by atoms with Crippen LogP contribution in [0.5, 0.6) is 11.5 Å². The third kappa shape index (κ3) is 5.08. The Morgan fingerprint density at radius 1 is 1.24 bits per heavy atom. The molecule has 1 N–H and O–H groups in total. The lowest BCUT2D eigenvalue weighted by atomic mass is 9.78. The molecule has 0 radical (unpaired) electrons. The monoisotopic (exact) mass is 512 g/mol. The molecule has 1 heterocycles. The number of methoxy groups -OCH3 is 1. The third-order valence-electron chi connectivity index (χ3n) is 6.66. The van der Waals surface area contributed by atoms with Gasteiger partial charge in [0.1, 0.15) is 12.3 Å². The van der Waals surface area contributed by atoms with Gasteiger partial charge in [-0.15, -0.1) is 0 Å². The van der Waals surface area contributed by atoms with Crippen LogP contribution in [0.1, 0.15) is 38.7 Å². The maximum atomic E-state index is 13.4. The fraction of sp³-hybridized carbons (Fsp3) is 0.385. The minimum atomic E-state index is -0.346. The van der Waals surface area contributed by atoms with Crippen LogP contribution in [-0.2, 0) is 9.59 Å². The Morgan fingerprint density at radius 2 is 2.03 bits per heavy atom. The average molecular weight is 513 g/mol. The number of carbonyl (C=O) groups is 2. The van der Waals surface area contributed by atoms with Crippen molar-refractivity contribution >= 4 is 39.5 Å². The Morgan fingerprint density at radius 3 is 2.79 bits per heavy atom. The Balaban J connectivity index is 1.57. The van der Waals surface area contributed by atoms with Gasteiger partial charge >= 0.3 is 0 Å². The number of fused-ring (bicyclic) bond motifs is 1. The molecule has 0 bridgehead atoms. The zero-order chi connectivity index (χ0) is 23.5. The molecule has 2 aromatic rings. The van der Waals surface area contributed by atoms with Gasteiger partial charge < -0.3 is 14.8 Å². The van der Waals surface area contributed by atoms with E-state index in [0.717, 1.165) is 22.9 Å². The van der Waals surface area contributed by atoms with E-state index in [0.29, 0.717) is 29.0 Å². The topological polar surface area (TPSA) is 67.9 Å². The largest absolute Gasteiger partial charge is 0.496 e. The van der Waals surface area contributed by atoms with Gasteiger partial charge in [-0.1, -0.05) is 44.9 Å². The lowest BCUT2D eigenvalue weighted by Gasteiger charge is -2.35. The van der Waals surface area contributed by atoms with Crippen LogP contribution in [0.25, 0.3) is 6.08 Å². The number of rotatable bonds is 5. The number of ether oxygens (including phenoxy) is 2. The average Bonchev–Trinajstić information content (AvgIpc) is 2.80. The first-order valence-corrected chi connectivity index (χ1v) is 12.1. The summed E-state index contributed by atoms with van der Waals surface area (Å²) in [5.74, 6) is 1.90. The lowest BCUT2D eigenvalue weighted by molar-refractivity contribution is -0.124. The number of carbonyl (C=O) groups excluding carboxylic acids is 2. The Kier molecular flexibility index (Phi) is 7.08. The second-order valence-corrected chi connectivity index (χ2v) is 9.66. The van der Waals surface area contributed by atoms with E-state index in [4.69, 9.17) is 9.47 Å². The van der Waals surface area contributed by atoms with Gasteiger partial charge in [0, 0.05) is 6.04 Å². The van der Waals surface area contributed by atoms with Crippen LogP contribution in [-0.4, -0.2) is 31.5 Å². The number of halogens is 1. The molecule has 0 spiro atoms. The van der Waals surface area contributed by atoms with E-state index >= 15 is 0 Å². The number of hydrogen-bond donors (Lipinski definition) is 1. The first-order valence-electron chi connectivity index (χ1n) is 11.3. The molecular formula is C26H29BrN2O4. The van der Waals surface area contributed by atoms with Crippen LogP contribution in [0.4, 0.5) is 5.69 Å². The van der Waals surface area contributed by atoms with Gasteiger partial charge in [0.15, 0.2) is 11.5 Å². The summed E-state index contributed by atoms with van der Waals surface area (Å²) in [7, 11) is 1.60. The molecule has 7 heteroatoms. The van der Waals surface area contributed by atoms with Crippen LogP contribution >= 0.6 is 15.9 Å². The normalized spacial score (nSPS) is 23.6. The van der Waals surface area contributed by atoms with Crippen LogP contribution in [0.15, 0.2) is 52.7 Å². The molecule has 6 nitrogen and oxygen atoms in total. The van der Waals surface area contributed by atoms with Crippen LogP contribution in [0, 0.1) is 11.8 Å². The smallest absolute Gasteiger partial charge is 0.294 e. The highest BCUT2D eigenvalue weighted by molar-refractivity contribution is 9.10. The van der Waals surface area contributed by atoms with Crippen molar-refractivity contribution in [2.45, 2.75) is 39.2 Å². The molecule has 1 fully saturated rings. The number of benzene rings is 2. The van der Waals surface area contributed by atoms with Gasteiger partial charge in [0.05, 0.1) is 17.3 Å². The molecule has 0 aromatic heterocycles. The summed E-state index contributed by atoms with van der Waals surface area (Å²) in [4.78, 5) is 27.8. The van der Waals surface area contributed by atoms with Crippen molar-refractivity contribution in [2.24, 2.45) is 11.8 Å². The Hall–Kier alpha value is -2.80. The van der Waals surface area contributed by atoms with Crippen molar-refractivity contribution in [3.8, 4) is 11.5 Å². The first-order chi connectivity index (χ1) is 15.9. The summed E-state index contributed by atoms with van der Waals surface area (Å²) >= 11 is 3.47. The summed E-state index contributed by atoms with van der Waals surface area (Å²) in [6.07, 6.45) is 4.96. The van der Waals surface area contributed by atoms with Crippen molar-refractivity contribution < 1.29 is 19.1 Å². The number of amides is 2. The van der Waals surface area contributed by atoms with Gasteiger partial charge in [-0.05, 0) is 70.1 Å². The van der Waals surface area contributed by atoms with Crippen molar-refractivity contribution in [1.29, 1.82) is 0 Å². The molecule has 3 atom stereocenters. The van der Waals surface area contributed by atoms with Gasteiger partial charge in [-0.25, -0.2) is 0 Å². The minimum absolute atomic E-state index is 0.0551. The zero-order valence-electron chi connectivity index (χ0n) is 19.1. The lowest BCUT2D eigenvalue weighted by Crippen LogP contribution is -2.49. The molecule has 0 unspecified atom stereocenters. The number of nitrogens with one attached hydrogen (secondary N) is 1. The van der Waals surface area contributed by atoms with Crippen molar-refractivity contribution in [1.82, 2.24) is 5.32 Å². The predicted octanol–water partition coefficient (Wildman–Crippen LogP) is 5.17. The standard InChI is InChI=1S/C26H29BrN2O4/c1-16-7-6-8-20(17(16)2)28-25(30)15-29-21-9-4-5-10-23(21)33-24(26(29)31)14-18-11-12-22(32-3)19(27)13-18/h4-5,9-14,16-17,20H,6-8,15H2,1-3H3,(H,28,30)/b24-14-/t16-,17+,20+/m0/s1. The first kappa shape index (κ1) is 23.4. The fourth-order valence-corrected chi connectivity index (χ4v) is 5.08. The molecule has 33 heavy (non-hydrogen) atoms. The molecule has 2 amide bonds. The minimum Gasteiger partial charge on any atom is -0.496 e. The highest BCUT2D eigenvalue weighted by Crippen LogP contribution is 2.36. The highest BCUT2D eigenvalue weighted by atomic mass is 79.9. The van der Waals surface area contributed by atoms with Crippen molar-refractivity contribution in [3.63, 3.8) is 0 Å². The number of para-hydroxylation sites is 2. The molecular weight excluding hydrogens is 484 g/mol. The number of nitrogens with zero attached hydrogens (tertiary/aromatic N) is 1. The van der Waals surface area contributed by atoms with E-state index in [1.165, 1.54) is 11.3 Å². The van der Waals surface area contributed by atoms with Gasteiger partial charge in [0.2, 0.25) is 5.91 Å². The summed E-state index contributed by atoms with van der Waals surface area (Å²) < 4.78 is 12.0. The van der Waals surface area contributed by atoms with Gasteiger partial charge in [-0.2, -0.15) is 0 Å². The van der Waals surface area contributed by atoms with E-state index in [-0.39, 0.29) is 30.2 Å². The van der Waals surface area contributed by atoms with E-state index in [1.54, 1.807) is 25.3 Å². The quantitative estimate of drug-likeness (QED) is 0.561. The zero-order valence-corrected chi connectivity index (χ0v) is 20.7. The summed E-state index contributed by atoms with van der Waals surface area (Å²) in [6, 6.07) is 12.9. The van der Waals surface area contributed by atoms with E-state index in [9.17, 15) is 9.59 Å². The van der Waals surface area contributed by atoms with E-state index < -0.39 is 0 Å². The molecule has 1 aliphatic carbocycles. The van der Waals surface area contributed by atoms with Crippen LogP contribution in [0.2, 0.25) is 0 Å². The van der Waals surface area contributed by atoms with Crippen LogP contribution < -0.4 is 19.7 Å². The second-order valence-electron chi connectivity index (χ2n) is 8.80. The maximum absolute atomic E-state index is 13.4. The van der Waals surface area contributed by atoms with Crippen molar-refractivity contribution in [3.05, 3.63) is 58.3 Å². The summed E-state index contributed by atoms with van der Waals surface area (Å²) in [5, 5.41) is 3.17. The summed E-state index contributed by atoms with van der Waals surface area (Å²) in [6.45, 7) is 4.37. The van der Waals surface area contributed by atoms with Gasteiger partial charge in [-0.3, -0.25) is 14.5 Å². The maximum Gasteiger partial charge on any atom is 0.294 e. The molecule has 2 aromatic carbocycles. The number of hydrogen-bond acceptors (Lipinski definition) is 4. The molecule has 1 saturated carbocycles. The third-order valence-corrected chi connectivity index (χ3v) is 7.28. The molecule has 4 rings (SSSR count). The Bertz CT molecular complexity index is 1080. The highest BCUT2D eigenvalue weighted by Gasteiger charge is 2.33. The SMILES string of the molecule is COc1ccc(/C=C2\Oc3ccccc3N(CC(=O)N[C@@H]3CCC[C@H](C)[C@H]3C)C2=O)cc1Br.